The minimum Gasteiger partial charge on any atom is -0.350 e. The highest BCUT2D eigenvalue weighted by Gasteiger charge is 2.17. The molecule has 0 unspecified atom stereocenters. The molecule has 0 aliphatic carbocycles. The average Bonchev–Trinajstić information content (AvgIpc) is 3.16. The van der Waals surface area contributed by atoms with Crippen molar-refractivity contribution in [2.24, 2.45) is 5.14 Å². The van der Waals surface area contributed by atoms with Crippen molar-refractivity contribution in [2.75, 3.05) is 11.3 Å². The number of carbonyl (C=O) groups is 1. The number of sulfonamides is 2. The molecule has 3 rings (SSSR count). The van der Waals surface area contributed by atoms with Crippen LogP contribution in [0.4, 0.5) is 5.13 Å². The highest BCUT2D eigenvalue weighted by molar-refractivity contribution is 7.93. The Kier molecular flexibility index (Phi) is 6.51. The molecule has 0 fully saturated rings. The van der Waals surface area contributed by atoms with Crippen LogP contribution in [-0.4, -0.2) is 34.3 Å². The van der Waals surface area contributed by atoms with Crippen molar-refractivity contribution in [3.8, 4) is 0 Å². The lowest BCUT2D eigenvalue weighted by molar-refractivity contribution is 0.0950. The zero-order valence-electron chi connectivity index (χ0n) is 15.5. The monoisotopic (exact) mass is 466 g/mol. The second-order valence-corrected chi connectivity index (χ2v) is 10.3. The molecule has 0 aliphatic rings. The van der Waals surface area contributed by atoms with Gasteiger partial charge in [-0.05, 0) is 36.2 Å². The van der Waals surface area contributed by atoms with Gasteiger partial charge in [-0.2, -0.15) is 0 Å². The first-order valence-corrected chi connectivity index (χ1v) is 12.5. The quantitative estimate of drug-likeness (QED) is 0.459. The number of nitrogens with one attached hydrogen (secondary N) is 2. The molecule has 0 spiro atoms. The first kappa shape index (κ1) is 21.9. The van der Waals surface area contributed by atoms with E-state index in [1.807, 2.05) is 0 Å². The number of benzene rings is 2. The second kappa shape index (κ2) is 8.92. The van der Waals surface area contributed by atoms with Gasteiger partial charge in [0.1, 0.15) is 5.69 Å². The molecule has 12 heteroatoms. The third kappa shape index (κ3) is 5.63. The number of rotatable bonds is 8. The molecule has 2 aromatic carbocycles. The van der Waals surface area contributed by atoms with Crippen LogP contribution in [0.5, 0.6) is 0 Å². The largest absolute Gasteiger partial charge is 0.350 e. The molecule has 30 heavy (non-hydrogen) atoms. The standard InChI is InChI=1S/C18H18N4O5S3/c19-29(24,25)14-8-6-13(7-9-14)10-11-20-17(23)16-12-28-18(21-16)22-30(26,27)15-4-2-1-3-5-15/h1-9,12H,10-11H2,(H,20,23)(H,21,22)(H2,19,24,25). The van der Waals surface area contributed by atoms with Gasteiger partial charge in [-0.25, -0.2) is 27.0 Å². The fourth-order valence-electron chi connectivity index (χ4n) is 2.46. The topological polar surface area (TPSA) is 148 Å². The van der Waals surface area contributed by atoms with E-state index in [1.165, 1.54) is 29.6 Å². The molecule has 0 saturated heterocycles. The summed E-state index contributed by atoms with van der Waals surface area (Å²) < 4.78 is 49.5. The van der Waals surface area contributed by atoms with E-state index in [0.29, 0.717) is 6.42 Å². The van der Waals surface area contributed by atoms with Gasteiger partial charge in [0.05, 0.1) is 9.79 Å². The molecule has 0 atom stereocenters. The molecular weight excluding hydrogens is 448 g/mol. The van der Waals surface area contributed by atoms with E-state index in [1.54, 1.807) is 30.3 Å². The average molecular weight is 467 g/mol. The lowest BCUT2D eigenvalue weighted by Gasteiger charge is -2.05. The van der Waals surface area contributed by atoms with Crippen LogP contribution in [0.3, 0.4) is 0 Å². The third-order valence-electron chi connectivity index (χ3n) is 3.96. The predicted octanol–water partition coefficient (Wildman–Crippen LogP) is 1.56. The van der Waals surface area contributed by atoms with E-state index in [9.17, 15) is 21.6 Å². The number of amides is 1. The molecule has 1 amide bonds. The molecule has 0 saturated carbocycles. The van der Waals surface area contributed by atoms with Gasteiger partial charge in [-0.15, -0.1) is 11.3 Å². The molecule has 0 bridgehead atoms. The molecular formula is C18H18N4O5S3. The number of thiazole rings is 1. The summed E-state index contributed by atoms with van der Waals surface area (Å²) in [5.41, 5.74) is 0.910. The van der Waals surface area contributed by atoms with Gasteiger partial charge >= 0.3 is 0 Å². The normalized spacial score (nSPS) is 11.8. The smallest absolute Gasteiger partial charge is 0.270 e. The zero-order valence-corrected chi connectivity index (χ0v) is 17.9. The fraction of sp³-hybridized carbons (Fsp3) is 0.111. The van der Waals surface area contributed by atoms with Crippen molar-refractivity contribution in [2.45, 2.75) is 16.2 Å². The van der Waals surface area contributed by atoms with E-state index in [-0.39, 0.29) is 27.2 Å². The van der Waals surface area contributed by atoms with Gasteiger partial charge in [0, 0.05) is 11.9 Å². The van der Waals surface area contributed by atoms with E-state index in [0.717, 1.165) is 16.9 Å². The summed E-state index contributed by atoms with van der Waals surface area (Å²) in [6.07, 6.45) is 0.467. The minimum atomic E-state index is -3.78. The fourth-order valence-corrected chi connectivity index (χ4v) is 4.94. The van der Waals surface area contributed by atoms with Crippen LogP contribution in [0.15, 0.2) is 69.8 Å². The minimum absolute atomic E-state index is 0.0169. The van der Waals surface area contributed by atoms with Crippen LogP contribution >= 0.6 is 11.3 Å². The Morgan fingerprint density at radius 1 is 0.967 bits per heavy atom. The van der Waals surface area contributed by atoms with Gasteiger partial charge < -0.3 is 5.32 Å². The molecule has 1 aromatic heterocycles. The first-order valence-electron chi connectivity index (χ1n) is 8.58. The Labute approximate surface area is 178 Å². The van der Waals surface area contributed by atoms with E-state index >= 15 is 0 Å². The maximum absolute atomic E-state index is 12.3. The van der Waals surface area contributed by atoms with Crippen molar-refractivity contribution in [1.82, 2.24) is 10.3 Å². The Morgan fingerprint density at radius 2 is 1.63 bits per heavy atom. The summed E-state index contributed by atoms with van der Waals surface area (Å²) in [7, 11) is -7.52. The first-order chi connectivity index (χ1) is 14.1. The zero-order chi connectivity index (χ0) is 21.8. The summed E-state index contributed by atoms with van der Waals surface area (Å²) in [5, 5.41) is 9.28. The van der Waals surface area contributed by atoms with Crippen LogP contribution < -0.4 is 15.2 Å². The van der Waals surface area contributed by atoms with Crippen molar-refractivity contribution >= 4 is 42.4 Å². The highest BCUT2D eigenvalue weighted by atomic mass is 32.2. The Hall–Kier alpha value is -2.80. The van der Waals surface area contributed by atoms with Crippen molar-refractivity contribution in [3.05, 3.63) is 71.2 Å². The molecule has 4 N–H and O–H groups in total. The number of carbonyl (C=O) groups excluding carboxylic acids is 1. The molecule has 9 nitrogen and oxygen atoms in total. The number of nitrogens with zero attached hydrogens (tertiary/aromatic N) is 1. The maximum Gasteiger partial charge on any atom is 0.270 e. The van der Waals surface area contributed by atoms with Crippen molar-refractivity contribution < 1.29 is 21.6 Å². The highest BCUT2D eigenvalue weighted by Crippen LogP contribution is 2.20. The number of primary sulfonamides is 1. The van der Waals surface area contributed by atoms with Crippen LogP contribution in [0, 0.1) is 0 Å². The van der Waals surface area contributed by atoms with Gasteiger partial charge in [0.25, 0.3) is 15.9 Å². The van der Waals surface area contributed by atoms with Gasteiger partial charge in [-0.1, -0.05) is 30.3 Å². The number of hydrogen-bond donors (Lipinski definition) is 3. The number of nitrogens with two attached hydrogens (primary N) is 1. The van der Waals surface area contributed by atoms with Gasteiger partial charge in [0.15, 0.2) is 5.13 Å². The Balaban J connectivity index is 1.55. The number of hydrogen-bond acceptors (Lipinski definition) is 7. The maximum atomic E-state index is 12.3. The summed E-state index contributed by atoms with van der Waals surface area (Å²) in [5.74, 6) is -0.447. The Morgan fingerprint density at radius 3 is 2.27 bits per heavy atom. The number of anilines is 1. The lowest BCUT2D eigenvalue weighted by Crippen LogP contribution is -2.26. The van der Waals surface area contributed by atoms with E-state index < -0.39 is 26.0 Å². The summed E-state index contributed by atoms with van der Waals surface area (Å²) in [4.78, 5) is 16.4. The van der Waals surface area contributed by atoms with Gasteiger partial charge in [0.2, 0.25) is 10.0 Å². The van der Waals surface area contributed by atoms with Gasteiger partial charge in [-0.3, -0.25) is 9.52 Å². The van der Waals surface area contributed by atoms with Crippen LogP contribution in [0.1, 0.15) is 16.1 Å². The van der Waals surface area contributed by atoms with Crippen LogP contribution in [-0.2, 0) is 26.5 Å². The second-order valence-electron chi connectivity index (χ2n) is 6.15. The summed E-state index contributed by atoms with van der Waals surface area (Å²) >= 11 is 1.00. The SMILES string of the molecule is NS(=O)(=O)c1ccc(CCNC(=O)c2csc(NS(=O)(=O)c3ccccc3)n2)cc1. The summed E-state index contributed by atoms with van der Waals surface area (Å²) in [6.45, 7) is 0.288. The van der Waals surface area contributed by atoms with Crippen LogP contribution in [0.25, 0.3) is 0 Å². The molecule has 158 valence electrons. The molecule has 1 heterocycles. The van der Waals surface area contributed by atoms with E-state index in [2.05, 4.69) is 15.0 Å². The molecule has 3 aromatic rings. The number of aromatic nitrogens is 1. The molecule has 0 aliphatic heterocycles. The third-order valence-corrected chi connectivity index (χ3v) is 7.13. The lowest BCUT2D eigenvalue weighted by atomic mass is 10.1. The Bertz CT molecular complexity index is 1240. The van der Waals surface area contributed by atoms with E-state index in [4.69, 9.17) is 5.14 Å². The van der Waals surface area contributed by atoms with Crippen molar-refractivity contribution in [3.63, 3.8) is 0 Å². The summed E-state index contributed by atoms with van der Waals surface area (Å²) in [6, 6.07) is 13.9. The van der Waals surface area contributed by atoms with Crippen molar-refractivity contribution in [1.29, 1.82) is 0 Å². The predicted molar refractivity (Wildman–Crippen MR) is 113 cm³/mol. The molecule has 0 radical (unpaired) electrons. The van der Waals surface area contributed by atoms with Crippen LogP contribution in [0.2, 0.25) is 0 Å².